The average molecular weight is 271 g/mol. The van der Waals surface area contributed by atoms with Crippen LogP contribution in [0.15, 0.2) is 54.3 Å². The lowest BCUT2D eigenvalue weighted by molar-refractivity contribution is 0.375. The minimum Gasteiger partial charge on any atom is -0.319 e. The van der Waals surface area contributed by atoms with E-state index in [2.05, 4.69) is 50.7 Å². The minimum atomic E-state index is 0.460. The summed E-state index contributed by atoms with van der Waals surface area (Å²) in [7, 11) is 2.02. The second-order valence-corrected chi connectivity index (χ2v) is 6.06. The molecule has 0 saturated carbocycles. The molecule has 3 atom stereocenters. The SMILES string of the molecule is C=C=C1CC(=C)C(C(C)CCC(C)CNC)C=C1C=C. The van der Waals surface area contributed by atoms with Crippen LogP contribution in [0.5, 0.6) is 0 Å². The van der Waals surface area contributed by atoms with Crippen molar-refractivity contribution < 1.29 is 0 Å². The number of rotatable bonds is 7. The lowest BCUT2D eigenvalue weighted by atomic mass is 9.75. The van der Waals surface area contributed by atoms with Crippen molar-refractivity contribution in [1.29, 1.82) is 0 Å². The molecule has 1 aliphatic carbocycles. The molecule has 0 aromatic rings. The van der Waals surface area contributed by atoms with Gasteiger partial charge in [0.15, 0.2) is 0 Å². The summed E-state index contributed by atoms with van der Waals surface area (Å²) in [4.78, 5) is 0. The zero-order chi connectivity index (χ0) is 15.1. The Bertz CT molecular complexity index is 435. The summed E-state index contributed by atoms with van der Waals surface area (Å²) in [5.74, 6) is 1.82. The Hall–Kier alpha value is -1.30. The van der Waals surface area contributed by atoms with E-state index in [1.807, 2.05) is 13.1 Å². The number of hydrogen-bond donors (Lipinski definition) is 1. The summed E-state index contributed by atoms with van der Waals surface area (Å²) in [5.41, 5.74) is 6.63. The monoisotopic (exact) mass is 271 g/mol. The summed E-state index contributed by atoms with van der Waals surface area (Å²) < 4.78 is 0. The maximum Gasteiger partial charge on any atom is 0.00432 e. The second-order valence-electron chi connectivity index (χ2n) is 6.06. The van der Waals surface area contributed by atoms with Crippen LogP contribution in [0.4, 0.5) is 0 Å². The first-order valence-corrected chi connectivity index (χ1v) is 7.59. The molecule has 0 aliphatic heterocycles. The van der Waals surface area contributed by atoms with Crippen molar-refractivity contribution in [1.82, 2.24) is 5.32 Å². The van der Waals surface area contributed by atoms with Gasteiger partial charge in [0.05, 0.1) is 0 Å². The summed E-state index contributed by atoms with van der Waals surface area (Å²) in [6, 6.07) is 0. The molecule has 1 rings (SSSR count). The second kappa shape index (κ2) is 8.09. The third-order valence-electron chi connectivity index (χ3n) is 4.30. The molecular weight excluding hydrogens is 242 g/mol. The maximum absolute atomic E-state index is 4.27. The van der Waals surface area contributed by atoms with Crippen LogP contribution in [0.3, 0.4) is 0 Å². The van der Waals surface area contributed by atoms with E-state index >= 15 is 0 Å². The normalized spacial score (nSPS) is 21.9. The predicted octanol–water partition coefficient (Wildman–Crippen LogP) is 4.66. The molecule has 1 nitrogen and oxygen atoms in total. The fraction of sp³-hybridized carbons (Fsp3) is 0.526. The summed E-state index contributed by atoms with van der Waals surface area (Å²) in [6.45, 7) is 17.7. The maximum atomic E-state index is 4.27. The van der Waals surface area contributed by atoms with Crippen LogP contribution in [0.1, 0.15) is 33.1 Å². The minimum absolute atomic E-state index is 0.460. The first-order valence-electron chi connectivity index (χ1n) is 7.59. The highest BCUT2D eigenvalue weighted by molar-refractivity contribution is 5.46. The molecule has 110 valence electrons. The quantitative estimate of drug-likeness (QED) is 0.524. The molecule has 0 bridgehead atoms. The third kappa shape index (κ3) is 4.37. The van der Waals surface area contributed by atoms with Crippen molar-refractivity contribution in [2.75, 3.05) is 13.6 Å². The highest BCUT2D eigenvalue weighted by Crippen LogP contribution is 2.37. The van der Waals surface area contributed by atoms with Gasteiger partial charge in [-0.3, -0.25) is 0 Å². The first-order chi connectivity index (χ1) is 9.53. The third-order valence-corrected chi connectivity index (χ3v) is 4.30. The Labute approximate surface area is 124 Å². The van der Waals surface area contributed by atoms with E-state index in [0.29, 0.717) is 11.8 Å². The van der Waals surface area contributed by atoms with E-state index in [1.54, 1.807) is 0 Å². The molecule has 0 aromatic heterocycles. The van der Waals surface area contributed by atoms with E-state index in [0.717, 1.165) is 24.5 Å². The highest BCUT2D eigenvalue weighted by atomic mass is 14.8. The van der Waals surface area contributed by atoms with Crippen LogP contribution in [-0.2, 0) is 0 Å². The van der Waals surface area contributed by atoms with Crippen molar-refractivity contribution in [3.05, 3.63) is 54.3 Å². The summed E-state index contributed by atoms with van der Waals surface area (Å²) in [6.07, 6.45) is 7.61. The van der Waals surface area contributed by atoms with Gasteiger partial charge in [-0.15, -0.1) is 5.73 Å². The molecule has 0 fully saturated rings. The van der Waals surface area contributed by atoms with Crippen molar-refractivity contribution in [2.24, 2.45) is 17.8 Å². The van der Waals surface area contributed by atoms with Gasteiger partial charge in [-0.25, -0.2) is 0 Å². The lowest BCUT2D eigenvalue weighted by Gasteiger charge is -2.29. The van der Waals surface area contributed by atoms with Gasteiger partial charge in [0, 0.05) is 17.9 Å². The van der Waals surface area contributed by atoms with E-state index < -0.39 is 0 Å². The average Bonchev–Trinajstić information content (AvgIpc) is 2.44. The van der Waals surface area contributed by atoms with E-state index in [-0.39, 0.29) is 0 Å². The first kappa shape index (κ1) is 16.8. The van der Waals surface area contributed by atoms with Crippen molar-refractivity contribution >= 4 is 0 Å². The van der Waals surface area contributed by atoms with Crippen LogP contribution >= 0.6 is 0 Å². The molecule has 1 N–H and O–H groups in total. The zero-order valence-electron chi connectivity index (χ0n) is 13.3. The number of nitrogens with one attached hydrogen (secondary N) is 1. The lowest BCUT2D eigenvalue weighted by Crippen LogP contribution is -2.20. The Kier molecular flexibility index (Phi) is 6.78. The summed E-state index contributed by atoms with van der Waals surface area (Å²) in [5, 5.41) is 3.25. The molecule has 0 spiro atoms. The van der Waals surface area contributed by atoms with Crippen molar-refractivity contribution in [3.8, 4) is 0 Å². The smallest absolute Gasteiger partial charge is 0.00432 e. The van der Waals surface area contributed by atoms with E-state index in [1.165, 1.54) is 24.0 Å². The van der Waals surface area contributed by atoms with Gasteiger partial charge >= 0.3 is 0 Å². The largest absolute Gasteiger partial charge is 0.319 e. The fourth-order valence-electron chi connectivity index (χ4n) is 2.96. The van der Waals surface area contributed by atoms with Crippen molar-refractivity contribution in [3.63, 3.8) is 0 Å². The molecule has 0 saturated heterocycles. The Morgan fingerprint density at radius 3 is 2.70 bits per heavy atom. The highest BCUT2D eigenvalue weighted by Gasteiger charge is 2.24. The Balaban J connectivity index is 2.72. The molecule has 3 unspecified atom stereocenters. The molecule has 0 aromatic carbocycles. The summed E-state index contributed by atoms with van der Waals surface area (Å²) >= 11 is 0. The van der Waals surface area contributed by atoms with Gasteiger partial charge in [-0.05, 0) is 43.8 Å². The standard InChI is InChI=1S/C19H29N/c1-7-17-11-16(5)19(12-18(17)8-2)15(4)10-9-14(3)13-20-6/h8,12,14-15,19-20H,1-2,5,9-11,13H2,3-4,6H3. The van der Waals surface area contributed by atoms with Crippen LogP contribution in [-0.4, -0.2) is 13.6 Å². The van der Waals surface area contributed by atoms with Crippen LogP contribution in [0.2, 0.25) is 0 Å². The van der Waals surface area contributed by atoms with Gasteiger partial charge in [-0.2, -0.15) is 0 Å². The van der Waals surface area contributed by atoms with Gasteiger partial charge in [0.2, 0.25) is 0 Å². The molecule has 20 heavy (non-hydrogen) atoms. The Morgan fingerprint density at radius 2 is 2.15 bits per heavy atom. The molecular formula is C19H29N. The van der Waals surface area contributed by atoms with Gasteiger partial charge in [0.1, 0.15) is 0 Å². The van der Waals surface area contributed by atoms with Crippen molar-refractivity contribution in [2.45, 2.75) is 33.1 Å². The van der Waals surface area contributed by atoms with Gasteiger partial charge in [0.25, 0.3) is 0 Å². The molecule has 0 amide bonds. The van der Waals surface area contributed by atoms with Gasteiger partial charge < -0.3 is 5.32 Å². The topological polar surface area (TPSA) is 12.0 Å². The van der Waals surface area contributed by atoms with Crippen LogP contribution < -0.4 is 5.32 Å². The van der Waals surface area contributed by atoms with E-state index in [9.17, 15) is 0 Å². The predicted molar refractivity (Wildman–Crippen MR) is 89.7 cm³/mol. The Morgan fingerprint density at radius 1 is 1.45 bits per heavy atom. The zero-order valence-corrected chi connectivity index (χ0v) is 13.3. The molecule has 0 heterocycles. The molecule has 1 heteroatoms. The van der Waals surface area contributed by atoms with Crippen LogP contribution in [0, 0.1) is 17.8 Å². The van der Waals surface area contributed by atoms with Gasteiger partial charge in [-0.1, -0.05) is 51.3 Å². The number of allylic oxidation sites excluding steroid dienone is 5. The fourth-order valence-corrected chi connectivity index (χ4v) is 2.96. The van der Waals surface area contributed by atoms with Crippen LogP contribution in [0.25, 0.3) is 0 Å². The molecule has 0 radical (unpaired) electrons. The number of hydrogen-bond acceptors (Lipinski definition) is 1. The van der Waals surface area contributed by atoms with E-state index in [4.69, 9.17) is 0 Å². The molecule has 1 aliphatic rings.